The van der Waals surface area contributed by atoms with Crippen LogP contribution in [0.25, 0.3) is 0 Å². The molecule has 0 saturated heterocycles. The first kappa shape index (κ1) is 19.7. The first-order chi connectivity index (χ1) is 9.92. The van der Waals surface area contributed by atoms with Gasteiger partial charge in [-0.1, -0.05) is 12.1 Å². The number of amides is 2. The van der Waals surface area contributed by atoms with E-state index in [-0.39, 0.29) is 31.5 Å². The van der Waals surface area contributed by atoms with Gasteiger partial charge in [0.2, 0.25) is 5.96 Å². The lowest BCUT2D eigenvalue weighted by Crippen LogP contribution is -2.39. The number of benzene rings is 1. The van der Waals surface area contributed by atoms with Gasteiger partial charge in [0.25, 0.3) is 0 Å². The minimum Gasteiger partial charge on any atom is -0.465 e. The standard InChI is InChI=1S/C14H20N4O3.ClH/c1-4-21-12(19)9-18(3)13(15)17-14(20)16-11-7-5-6-10(2)8-11;/h5-8H,4,9H2,1-3H3,(H3,15,16,17,20);1H. The minimum atomic E-state index is -0.603. The van der Waals surface area contributed by atoms with Gasteiger partial charge in [0.15, 0.2) is 0 Å². The van der Waals surface area contributed by atoms with Gasteiger partial charge in [0.1, 0.15) is 6.54 Å². The normalized spacial score (nSPS) is 10.4. The van der Waals surface area contributed by atoms with Crippen molar-refractivity contribution in [2.24, 2.45) is 10.7 Å². The Hall–Kier alpha value is -2.28. The highest BCUT2D eigenvalue weighted by atomic mass is 35.5. The summed E-state index contributed by atoms with van der Waals surface area (Å²) in [6.45, 7) is 3.85. The van der Waals surface area contributed by atoms with Gasteiger partial charge in [-0.05, 0) is 31.5 Å². The molecule has 0 aromatic heterocycles. The molecule has 0 radical (unpaired) electrons. The lowest BCUT2D eigenvalue weighted by atomic mass is 10.2. The lowest BCUT2D eigenvalue weighted by Gasteiger charge is -2.16. The molecular weight excluding hydrogens is 308 g/mol. The van der Waals surface area contributed by atoms with E-state index in [1.807, 2.05) is 25.1 Å². The second-order valence-corrected chi connectivity index (χ2v) is 4.43. The number of hydrogen-bond donors (Lipinski definition) is 2. The van der Waals surface area contributed by atoms with Gasteiger partial charge >= 0.3 is 12.0 Å². The Kier molecular flexibility index (Phi) is 8.62. The third-order valence-electron chi connectivity index (χ3n) is 2.55. The van der Waals surface area contributed by atoms with Gasteiger partial charge in [0.05, 0.1) is 6.61 Å². The highest BCUT2D eigenvalue weighted by molar-refractivity contribution is 5.99. The fourth-order valence-corrected chi connectivity index (χ4v) is 1.54. The van der Waals surface area contributed by atoms with Gasteiger partial charge < -0.3 is 20.7 Å². The van der Waals surface area contributed by atoms with E-state index in [1.165, 1.54) is 4.90 Å². The number of likely N-dealkylation sites (N-methyl/N-ethyl adjacent to an activating group) is 1. The molecular formula is C14H21ClN4O3. The Morgan fingerprint density at radius 2 is 2.09 bits per heavy atom. The summed E-state index contributed by atoms with van der Waals surface area (Å²) in [7, 11) is 1.55. The Balaban J connectivity index is 0.00000441. The molecule has 0 heterocycles. The van der Waals surface area contributed by atoms with Crippen LogP contribution in [-0.4, -0.2) is 43.1 Å². The second-order valence-electron chi connectivity index (χ2n) is 4.43. The monoisotopic (exact) mass is 328 g/mol. The number of rotatable bonds is 4. The molecule has 1 aromatic rings. The van der Waals surface area contributed by atoms with E-state index >= 15 is 0 Å². The van der Waals surface area contributed by atoms with Gasteiger partial charge in [0, 0.05) is 12.7 Å². The number of nitrogens with one attached hydrogen (secondary N) is 1. The van der Waals surface area contributed by atoms with E-state index in [4.69, 9.17) is 10.5 Å². The van der Waals surface area contributed by atoms with Crippen LogP contribution in [-0.2, 0) is 9.53 Å². The fraction of sp³-hybridized carbons (Fsp3) is 0.357. The van der Waals surface area contributed by atoms with E-state index in [2.05, 4.69) is 10.3 Å². The number of nitrogens with two attached hydrogens (primary N) is 1. The van der Waals surface area contributed by atoms with Crippen LogP contribution < -0.4 is 11.1 Å². The lowest BCUT2D eigenvalue weighted by molar-refractivity contribution is -0.143. The molecule has 0 bridgehead atoms. The summed E-state index contributed by atoms with van der Waals surface area (Å²) >= 11 is 0. The molecule has 0 aliphatic heterocycles. The average Bonchev–Trinajstić information content (AvgIpc) is 2.38. The summed E-state index contributed by atoms with van der Waals surface area (Å²) in [4.78, 5) is 28.0. The van der Waals surface area contributed by atoms with Crippen LogP contribution in [0.15, 0.2) is 29.3 Å². The maximum Gasteiger partial charge on any atom is 0.348 e. The van der Waals surface area contributed by atoms with Crippen LogP contribution >= 0.6 is 12.4 Å². The molecule has 0 atom stereocenters. The summed E-state index contributed by atoms with van der Waals surface area (Å²) in [5.74, 6) is -0.495. The number of halogens is 1. The van der Waals surface area contributed by atoms with Crippen LogP contribution in [0.2, 0.25) is 0 Å². The molecule has 3 N–H and O–H groups in total. The molecule has 8 heteroatoms. The second kappa shape index (κ2) is 9.62. The van der Waals surface area contributed by atoms with Crippen LogP contribution in [0.5, 0.6) is 0 Å². The number of urea groups is 1. The number of aryl methyl sites for hydroxylation is 1. The van der Waals surface area contributed by atoms with Gasteiger partial charge in [-0.3, -0.25) is 4.79 Å². The van der Waals surface area contributed by atoms with E-state index in [0.29, 0.717) is 5.69 Å². The predicted octanol–water partition coefficient (Wildman–Crippen LogP) is 1.76. The summed E-state index contributed by atoms with van der Waals surface area (Å²) < 4.78 is 4.78. The molecule has 0 saturated carbocycles. The van der Waals surface area contributed by atoms with Crippen molar-refractivity contribution in [1.82, 2.24) is 4.90 Å². The average molecular weight is 329 g/mol. The molecule has 1 aromatic carbocycles. The quantitative estimate of drug-likeness (QED) is 0.498. The molecule has 2 amide bonds. The number of aliphatic imine (C=N–C) groups is 1. The van der Waals surface area contributed by atoms with Crippen molar-refractivity contribution in [1.29, 1.82) is 0 Å². The van der Waals surface area contributed by atoms with Crippen LogP contribution in [0.3, 0.4) is 0 Å². The van der Waals surface area contributed by atoms with Crippen molar-refractivity contribution in [3.05, 3.63) is 29.8 Å². The summed E-state index contributed by atoms with van der Waals surface area (Å²) in [5.41, 5.74) is 7.30. The number of anilines is 1. The summed E-state index contributed by atoms with van der Waals surface area (Å²) in [6, 6.07) is 6.70. The summed E-state index contributed by atoms with van der Waals surface area (Å²) in [5, 5.41) is 2.60. The summed E-state index contributed by atoms with van der Waals surface area (Å²) in [6.07, 6.45) is 0. The van der Waals surface area contributed by atoms with Crippen molar-refractivity contribution in [3.8, 4) is 0 Å². The largest absolute Gasteiger partial charge is 0.465 e. The Bertz CT molecular complexity index is 549. The highest BCUT2D eigenvalue weighted by Crippen LogP contribution is 2.09. The van der Waals surface area contributed by atoms with Gasteiger partial charge in [-0.2, -0.15) is 4.99 Å². The van der Waals surface area contributed by atoms with E-state index in [9.17, 15) is 9.59 Å². The van der Waals surface area contributed by atoms with Gasteiger partial charge in [-0.25, -0.2) is 4.79 Å². The predicted molar refractivity (Wildman–Crippen MR) is 88.3 cm³/mol. The highest BCUT2D eigenvalue weighted by Gasteiger charge is 2.10. The van der Waals surface area contributed by atoms with Crippen molar-refractivity contribution >= 4 is 36.1 Å². The van der Waals surface area contributed by atoms with Gasteiger partial charge in [-0.15, -0.1) is 12.4 Å². The molecule has 122 valence electrons. The zero-order valence-corrected chi connectivity index (χ0v) is 13.6. The van der Waals surface area contributed by atoms with E-state index < -0.39 is 12.0 Å². The zero-order valence-electron chi connectivity index (χ0n) is 12.8. The van der Waals surface area contributed by atoms with Crippen molar-refractivity contribution in [3.63, 3.8) is 0 Å². The maximum atomic E-state index is 11.7. The Morgan fingerprint density at radius 1 is 1.41 bits per heavy atom. The number of guanidine groups is 1. The number of carbonyl (C=O) groups is 2. The zero-order chi connectivity index (χ0) is 15.8. The van der Waals surface area contributed by atoms with Crippen molar-refractivity contribution < 1.29 is 14.3 Å². The molecule has 7 nitrogen and oxygen atoms in total. The van der Waals surface area contributed by atoms with Crippen molar-refractivity contribution in [2.45, 2.75) is 13.8 Å². The smallest absolute Gasteiger partial charge is 0.348 e. The number of carbonyl (C=O) groups excluding carboxylic acids is 2. The van der Waals surface area contributed by atoms with Crippen LogP contribution in [0, 0.1) is 6.92 Å². The number of esters is 1. The Labute approximate surface area is 135 Å². The molecule has 1 rings (SSSR count). The SMILES string of the molecule is CCOC(=O)CN(C)C(N)=NC(=O)Nc1cccc(C)c1.Cl. The molecule has 0 aliphatic carbocycles. The first-order valence-corrected chi connectivity index (χ1v) is 6.51. The number of nitrogens with zero attached hydrogens (tertiary/aromatic N) is 2. The fourth-order valence-electron chi connectivity index (χ4n) is 1.54. The third-order valence-corrected chi connectivity index (χ3v) is 2.55. The van der Waals surface area contributed by atoms with E-state index in [1.54, 1.807) is 20.0 Å². The molecule has 0 aliphatic rings. The van der Waals surface area contributed by atoms with E-state index in [0.717, 1.165) is 5.56 Å². The van der Waals surface area contributed by atoms with Crippen LogP contribution in [0.4, 0.5) is 10.5 Å². The number of hydrogen-bond acceptors (Lipinski definition) is 3. The van der Waals surface area contributed by atoms with Crippen molar-refractivity contribution in [2.75, 3.05) is 25.5 Å². The maximum absolute atomic E-state index is 11.7. The third kappa shape index (κ3) is 6.94. The number of ether oxygens (including phenoxy) is 1. The molecule has 0 unspecified atom stereocenters. The minimum absolute atomic E-state index is 0. The molecule has 0 fully saturated rings. The molecule has 0 spiro atoms. The molecule has 22 heavy (non-hydrogen) atoms. The van der Waals surface area contributed by atoms with Crippen LogP contribution in [0.1, 0.15) is 12.5 Å². The topological polar surface area (TPSA) is 97.0 Å². The first-order valence-electron chi connectivity index (χ1n) is 6.51. The Morgan fingerprint density at radius 3 is 2.68 bits per heavy atom.